The number of rotatable bonds is 4. The summed E-state index contributed by atoms with van der Waals surface area (Å²) in [6.45, 7) is 0. The van der Waals surface area contributed by atoms with Crippen LogP contribution in [0.3, 0.4) is 0 Å². The van der Waals surface area contributed by atoms with E-state index in [-0.39, 0.29) is 35.5 Å². The molecule has 0 aliphatic heterocycles. The molecule has 0 saturated heterocycles. The second-order valence-corrected chi connectivity index (χ2v) is 9.01. The van der Waals surface area contributed by atoms with Gasteiger partial charge in [-0.25, -0.2) is 18.7 Å². The van der Waals surface area contributed by atoms with Crippen LogP contribution in [-0.4, -0.2) is 42.6 Å². The fraction of sp³-hybridized carbons (Fsp3) is 0.304. The average Bonchev–Trinajstić information content (AvgIpc) is 3.30. The number of aliphatic hydroxyl groups is 2. The van der Waals surface area contributed by atoms with Crippen LogP contribution in [0.2, 0.25) is 5.02 Å². The largest absolute Gasteiger partial charge is 0.398 e. The van der Waals surface area contributed by atoms with Crippen LogP contribution in [0.25, 0.3) is 21.9 Å². The van der Waals surface area contributed by atoms with E-state index in [2.05, 4.69) is 9.97 Å². The third-order valence-electron chi connectivity index (χ3n) is 6.56. The van der Waals surface area contributed by atoms with Crippen LogP contribution in [0.5, 0.6) is 0 Å². The number of aliphatic hydroxyl groups excluding tert-OH is 2. The quantitative estimate of drug-likeness (QED) is 0.359. The van der Waals surface area contributed by atoms with Crippen molar-refractivity contribution in [2.45, 2.75) is 43.2 Å². The van der Waals surface area contributed by atoms with Gasteiger partial charge in [0.1, 0.15) is 35.2 Å². The molecule has 0 spiro atoms. The molecule has 7 nitrogen and oxygen atoms in total. The molecule has 1 aliphatic rings. The van der Waals surface area contributed by atoms with Crippen LogP contribution in [0.1, 0.15) is 24.4 Å². The van der Waals surface area contributed by atoms with Gasteiger partial charge in [-0.05, 0) is 48.7 Å². The number of fused-ring (bicyclic) bond motifs is 2. The van der Waals surface area contributed by atoms with Gasteiger partial charge in [-0.15, -0.1) is 0 Å². The van der Waals surface area contributed by atoms with Gasteiger partial charge in [-0.3, -0.25) is 0 Å². The summed E-state index contributed by atoms with van der Waals surface area (Å²) in [6, 6.07) is 6.99. The summed E-state index contributed by atoms with van der Waals surface area (Å²) in [6.07, 6.45) is 0.139. The van der Waals surface area contributed by atoms with Crippen molar-refractivity contribution in [1.82, 2.24) is 14.5 Å². The smallest absolute Gasteiger partial charge is 0.142 e. The topological polar surface area (TPSA) is 123 Å². The molecule has 3 heterocycles. The van der Waals surface area contributed by atoms with Gasteiger partial charge in [-0.2, -0.15) is 0 Å². The molecule has 172 valence electrons. The molecule has 5 rings (SSSR count). The van der Waals surface area contributed by atoms with E-state index in [1.54, 1.807) is 29.0 Å². The third-order valence-corrected chi connectivity index (χ3v) is 6.86. The molecule has 0 unspecified atom stereocenters. The minimum absolute atomic E-state index is 0.0769. The number of halogens is 3. The Hall–Kier alpha value is -3.01. The minimum Gasteiger partial charge on any atom is -0.398 e. The average molecular weight is 474 g/mol. The number of hydrogen-bond donors (Lipinski definition) is 4. The maximum atomic E-state index is 15.9. The Bertz CT molecular complexity index is 1380. The number of alkyl halides is 1. The molecule has 1 fully saturated rings. The third kappa shape index (κ3) is 3.56. The number of benzene rings is 1. The van der Waals surface area contributed by atoms with Crippen LogP contribution >= 0.6 is 11.6 Å². The summed E-state index contributed by atoms with van der Waals surface area (Å²) in [5.41, 5.74) is 11.5. The number of nitrogens with zero attached hydrogens (tertiary/aromatic N) is 3. The van der Waals surface area contributed by atoms with Gasteiger partial charge in [0.05, 0.1) is 16.6 Å². The fourth-order valence-corrected chi connectivity index (χ4v) is 4.89. The first-order valence-electron chi connectivity index (χ1n) is 10.5. The Labute approximate surface area is 192 Å². The zero-order valence-electron chi connectivity index (χ0n) is 17.4. The second-order valence-electron chi connectivity index (χ2n) is 8.60. The van der Waals surface area contributed by atoms with Crippen molar-refractivity contribution >= 4 is 45.0 Å². The number of hydrogen-bond acceptors (Lipinski definition) is 6. The first kappa shape index (κ1) is 21.8. The normalized spacial score (nSPS) is 25.3. The highest BCUT2D eigenvalue weighted by Gasteiger charge is 2.54. The summed E-state index contributed by atoms with van der Waals surface area (Å²) in [5.74, 6) is -0.467. The van der Waals surface area contributed by atoms with E-state index in [4.69, 9.17) is 23.1 Å². The second kappa shape index (κ2) is 7.79. The number of anilines is 2. The lowest BCUT2D eigenvalue weighted by Crippen LogP contribution is -2.39. The fourth-order valence-electron chi connectivity index (χ4n) is 4.74. The molecule has 1 aliphatic carbocycles. The lowest BCUT2D eigenvalue weighted by molar-refractivity contribution is -0.0465. The van der Waals surface area contributed by atoms with Gasteiger partial charge in [0, 0.05) is 35.3 Å². The van der Waals surface area contributed by atoms with Gasteiger partial charge in [0.15, 0.2) is 0 Å². The van der Waals surface area contributed by atoms with Crippen molar-refractivity contribution in [2.24, 2.45) is 0 Å². The van der Waals surface area contributed by atoms with E-state index >= 15 is 4.39 Å². The lowest BCUT2D eigenvalue weighted by Gasteiger charge is -2.24. The molecule has 33 heavy (non-hydrogen) atoms. The minimum atomic E-state index is -2.08. The summed E-state index contributed by atoms with van der Waals surface area (Å²) in [7, 11) is 0. The predicted octanol–water partition coefficient (Wildman–Crippen LogP) is 3.55. The highest BCUT2D eigenvalue weighted by Crippen LogP contribution is 2.45. The summed E-state index contributed by atoms with van der Waals surface area (Å²) in [5, 5.41) is 22.3. The summed E-state index contributed by atoms with van der Waals surface area (Å²) >= 11 is 5.93. The van der Waals surface area contributed by atoms with Crippen LogP contribution in [0.15, 0.2) is 42.7 Å². The highest BCUT2D eigenvalue weighted by atomic mass is 35.5. The monoisotopic (exact) mass is 473 g/mol. The standard InChI is InChI=1S/C23H22ClF2N5O2/c24-14-9-13-15(25)7-11(8-17(13)30-21(14)28)1-4-23(26)10-18(19(32)20(23)33)31-6-3-12-16(27)2-5-29-22(12)31/h2-3,5-9,18-20,32-33H,1,4,10H2,(H2,27,29)(H2,28,30)/t18-,19+,20+,23-/m1/s1. The van der Waals surface area contributed by atoms with E-state index in [0.717, 1.165) is 0 Å². The van der Waals surface area contributed by atoms with E-state index in [1.165, 1.54) is 18.3 Å². The molecule has 4 aromatic rings. The molecule has 1 saturated carbocycles. The predicted molar refractivity (Wildman–Crippen MR) is 123 cm³/mol. The molecule has 6 N–H and O–H groups in total. The number of nitrogen functional groups attached to an aromatic ring is 2. The Balaban J connectivity index is 1.40. The van der Waals surface area contributed by atoms with Crippen LogP contribution < -0.4 is 11.5 Å². The first-order chi connectivity index (χ1) is 15.7. The molecule has 4 atom stereocenters. The van der Waals surface area contributed by atoms with Crippen molar-refractivity contribution in [3.05, 3.63) is 59.1 Å². The Morgan fingerprint density at radius 2 is 1.97 bits per heavy atom. The maximum absolute atomic E-state index is 15.9. The van der Waals surface area contributed by atoms with Gasteiger partial charge in [0.25, 0.3) is 0 Å². The number of nitrogens with two attached hydrogens (primary N) is 2. The zero-order chi connectivity index (χ0) is 23.5. The highest BCUT2D eigenvalue weighted by molar-refractivity contribution is 6.33. The van der Waals surface area contributed by atoms with E-state index < -0.39 is 29.7 Å². The molecule has 1 aromatic carbocycles. The van der Waals surface area contributed by atoms with Crippen molar-refractivity contribution in [3.8, 4) is 0 Å². The van der Waals surface area contributed by atoms with Crippen molar-refractivity contribution in [2.75, 3.05) is 11.5 Å². The van der Waals surface area contributed by atoms with Crippen LogP contribution in [0, 0.1) is 5.82 Å². The van der Waals surface area contributed by atoms with Crippen molar-refractivity contribution in [3.63, 3.8) is 0 Å². The summed E-state index contributed by atoms with van der Waals surface area (Å²) < 4.78 is 32.1. The Morgan fingerprint density at radius 3 is 2.76 bits per heavy atom. The van der Waals surface area contributed by atoms with Crippen LogP contribution in [0.4, 0.5) is 20.3 Å². The molecule has 10 heteroatoms. The number of aromatic nitrogens is 3. The molecule has 3 aromatic heterocycles. The molecule has 0 amide bonds. The van der Waals surface area contributed by atoms with E-state index in [9.17, 15) is 14.6 Å². The Morgan fingerprint density at radius 1 is 1.18 bits per heavy atom. The lowest BCUT2D eigenvalue weighted by atomic mass is 9.92. The molecule has 0 bridgehead atoms. The molecule has 0 radical (unpaired) electrons. The van der Waals surface area contributed by atoms with Crippen LogP contribution in [-0.2, 0) is 6.42 Å². The van der Waals surface area contributed by atoms with Gasteiger partial charge in [0.2, 0.25) is 0 Å². The molecular weight excluding hydrogens is 452 g/mol. The van der Waals surface area contributed by atoms with E-state index in [0.29, 0.717) is 27.8 Å². The van der Waals surface area contributed by atoms with Gasteiger partial charge >= 0.3 is 0 Å². The Kier molecular flexibility index (Phi) is 5.15. The number of aryl methyl sites for hydroxylation is 1. The van der Waals surface area contributed by atoms with Crippen molar-refractivity contribution < 1.29 is 19.0 Å². The first-order valence-corrected chi connectivity index (χ1v) is 10.9. The van der Waals surface area contributed by atoms with Gasteiger partial charge < -0.3 is 26.2 Å². The summed E-state index contributed by atoms with van der Waals surface area (Å²) in [4.78, 5) is 8.40. The number of pyridine rings is 2. The SMILES string of the molecule is Nc1nc2cc(CC[C@@]3(F)C[C@@H](n4ccc5c(N)ccnc54)[C@H](O)[C@@H]3O)cc(F)c2cc1Cl. The van der Waals surface area contributed by atoms with E-state index in [1.807, 2.05) is 0 Å². The zero-order valence-corrected chi connectivity index (χ0v) is 18.2. The maximum Gasteiger partial charge on any atom is 0.142 e. The molecular formula is C23H22ClF2N5O2. The van der Waals surface area contributed by atoms with Gasteiger partial charge in [-0.1, -0.05) is 11.6 Å². The van der Waals surface area contributed by atoms with Crippen molar-refractivity contribution in [1.29, 1.82) is 0 Å².